The van der Waals surface area contributed by atoms with E-state index in [-0.39, 0.29) is 11.4 Å². The van der Waals surface area contributed by atoms with Gasteiger partial charge in [-0.1, -0.05) is 20.8 Å². The molecule has 0 aliphatic heterocycles. The molecular formula is C15H25N3O. The van der Waals surface area contributed by atoms with Crippen LogP contribution in [0, 0.1) is 0 Å². The standard InChI is InChI=1S/C15H25N3O/c1-4-15(5-2,6-3)17-14(19)13-9-11(16)10-18(13)12-7-8-12/h9-10,12H,4-8,16H2,1-3H3,(H,17,19). The van der Waals surface area contributed by atoms with E-state index in [1.165, 1.54) is 0 Å². The average molecular weight is 263 g/mol. The third-order valence-electron chi connectivity index (χ3n) is 4.45. The van der Waals surface area contributed by atoms with E-state index in [1.807, 2.05) is 10.8 Å². The van der Waals surface area contributed by atoms with Gasteiger partial charge in [0, 0.05) is 17.8 Å². The monoisotopic (exact) mass is 263 g/mol. The predicted octanol–water partition coefficient (Wildman–Crippen LogP) is 3.10. The average Bonchev–Trinajstić information content (AvgIpc) is 3.19. The maximum Gasteiger partial charge on any atom is 0.268 e. The molecular weight excluding hydrogens is 238 g/mol. The van der Waals surface area contributed by atoms with Gasteiger partial charge in [0.2, 0.25) is 0 Å². The molecule has 0 aromatic carbocycles. The van der Waals surface area contributed by atoms with E-state index >= 15 is 0 Å². The van der Waals surface area contributed by atoms with E-state index in [9.17, 15) is 4.79 Å². The van der Waals surface area contributed by atoms with Gasteiger partial charge < -0.3 is 15.6 Å². The number of rotatable bonds is 6. The molecule has 1 amide bonds. The largest absolute Gasteiger partial charge is 0.397 e. The molecule has 106 valence electrons. The van der Waals surface area contributed by atoms with Gasteiger partial charge in [-0.25, -0.2) is 0 Å². The summed E-state index contributed by atoms with van der Waals surface area (Å²) in [4.78, 5) is 12.5. The molecule has 0 atom stereocenters. The van der Waals surface area contributed by atoms with Crippen LogP contribution in [0.2, 0.25) is 0 Å². The fraction of sp³-hybridized carbons (Fsp3) is 0.667. The van der Waals surface area contributed by atoms with Crippen molar-refractivity contribution in [2.24, 2.45) is 0 Å². The van der Waals surface area contributed by atoms with Crippen molar-refractivity contribution in [3.05, 3.63) is 18.0 Å². The number of carbonyl (C=O) groups excluding carboxylic acids is 1. The number of hydrogen-bond donors (Lipinski definition) is 2. The molecule has 19 heavy (non-hydrogen) atoms. The van der Waals surface area contributed by atoms with E-state index in [1.54, 1.807) is 6.07 Å². The molecule has 1 aromatic heterocycles. The molecule has 0 unspecified atom stereocenters. The molecule has 0 radical (unpaired) electrons. The highest BCUT2D eigenvalue weighted by molar-refractivity contribution is 5.94. The fourth-order valence-electron chi connectivity index (χ4n) is 2.66. The summed E-state index contributed by atoms with van der Waals surface area (Å²) >= 11 is 0. The number of nitrogen functional groups attached to an aromatic ring is 1. The van der Waals surface area contributed by atoms with Crippen molar-refractivity contribution < 1.29 is 4.79 Å². The Bertz CT molecular complexity index is 448. The van der Waals surface area contributed by atoms with Crippen LogP contribution in [0.1, 0.15) is 69.4 Å². The number of carbonyl (C=O) groups is 1. The number of hydrogen-bond acceptors (Lipinski definition) is 2. The molecule has 0 bridgehead atoms. The summed E-state index contributed by atoms with van der Waals surface area (Å²) in [6.07, 6.45) is 7.03. The Labute approximate surface area is 115 Å². The van der Waals surface area contributed by atoms with Crippen LogP contribution in [0.4, 0.5) is 5.69 Å². The number of anilines is 1. The molecule has 0 saturated heterocycles. The van der Waals surface area contributed by atoms with Crippen LogP contribution < -0.4 is 11.1 Å². The van der Waals surface area contributed by atoms with Gasteiger partial charge in [0.05, 0.1) is 5.69 Å². The third kappa shape index (κ3) is 2.77. The molecule has 1 fully saturated rings. The number of nitrogens with zero attached hydrogens (tertiary/aromatic N) is 1. The van der Waals surface area contributed by atoms with Crippen LogP contribution in [-0.4, -0.2) is 16.0 Å². The normalized spacial score (nSPS) is 15.5. The van der Waals surface area contributed by atoms with Crippen molar-refractivity contribution >= 4 is 11.6 Å². The topological polar surface area (TPSA) is 60.1 Å². The zero-order valence-corrected chi connectivity index (χ0v) is 12.2. The third-order valence-corrected chi connectivity index (χ3v) is 4.45. The summed E-state index contributed by atoms with van der Waals surface area (Å²) in [5, 5.41) is 3.22. The molecule has 2 rings (SSSR count). The van der Waals surface area contributed by atoms with E-state index in [0.29, 0.717) is 17.4 Å². The summed E-state index contributed by atoms with van der Waals surface area (Å²) < 4.78 is 2.04. The summed E-state index contributed by atoms with van der Waals surface area (Å²) in [7, 11) is 0. The fourth-order valence-corrected chi connectivity index (χ4v) is 2.66. The zero-order valence-electron chi connectivity index (χ0n) is 12.2. The predicted molar refractivity (Wildman–Crippen MR) is 78.2 cm³/mol. The molecule has 1 aliphatic rings. The number of nitrogens with one attached hydrogen (secondary N) is 1. The van der Waals surface area contributed by atoms with Gasteiger partial charge in [-0.3, -0.25) is 4.79 Å². The summed E-state index contributed by atoms with van der Waals surface area (Å²) in [6, 6.07) is 2.26. The van der Waals surface area contributed by atoms with Crippen molar-refractivity contribution in [3.8, 4) is 0 Å². The van der Waals surface area contributed by atoms with Gasteiger partial charge >= 0.3 is 0 Å². The van der Waals surface area contributed by atoms with Crippen LogP contribution in [0.15, 0.2) is 12.3 Å². The summed E-state index contributed by atoms with van der Waals surface area (Å²) in [5.41, 5.74) is 7.13. The van der Waals surface area contributed by atoms with E-state index < -0.39 is 0 Å². The molecule has 1 heterocycles. The highest BCUT2D eigenvalue weighted by Crippen LogP contribution is 2.37. The number of amides is 1. The number of nitrogens with two attached hydrogens (primary N) is 1. The second kappa shape index (κ2) is 5.27. The quantitative estimate of drug-likeness (QED) is 0.828. The minimum absolute atomic E-state index is 0.00847. The van der Waals surface area contributed by atoms with Gasteiger partial charge in [0.15, 0.2) is 0 Å². The Kier molecular flexibility index (Phi) is 3.88. The maximum absolute atomic E-state index is 12.5. The molecule has 4 heteroatoms. The van der Waals surface area contributed by atoms with Crippen molar-refractivity contribution in [1.82, 2.24) is 9.88 Å². The van der Waals surface area contributed by atoms with Gasteiger partial charge in [0.25, 0.3) is 5.91 Å². The lowest BCUT2D eigenvalue weighted by molar-refractivity contribution is 0.0878. The van der Waals surface area contributed by atoms with Crippen LogP contribution in [0.5, 0.6) is 0 Å². The van der Waals surface area contributed by atoms with Crippen LogP contribution >= 0.6 is 0 Å². The van der Waals surface area contributed by atoms with Crippen molar-refractivity contribution in [2.75, 3.05) is 5.73 Å². The van der Waals surface area contributed by atoms with Crippen LogP contribution in [-0.2, 0) is 0 Å². The first-order valence-corrected chi connectivity index (χ1v) is 7.35. The second-order valence-corrected chi connectivity index (χ2v) is 5.59. The van der Waals surface area contributed by atoms with Crippen LogP contribution in [0.3, 0.4) is 0 Å². The Balaban J connectivity index is 2.19. The highest BCUT2D eigenvalue weighted by Gasteiger charge is 2.31. The Morgan fingerprint density at radius 2 is 1.95 bits per heavy atom. The van der Waals surface area contributed by atoms with E-state index in [4.69, 9.17) is 5.73 Å². The second-order valence-electron chi connectivity index (χ2n) is 5.59. The SMILES string of the molecule is CCC(CC)(CC)NC(=O)c1cc(N)cn1C1CC1. The Hall–Kier alpha value is -1.45. The first-order chi connectivity index (χ1) is 9.05. The lowest BCUT2D eigenvalue weighted by atomic mass is 9.89. The van der Waals surface area contributed by atoms with Crippen molar-refractivity contribution in [3.63, 3.8) is 0 Å². The maximum atomic E-state index is 12.5. The highest BCUT2D eigenvalue weighted by atomic mass is 16.2. The lowest BCUT2D eigenvalue weighted by Gasteiger charge is -2.31. The minimum Gasteiger partial charge on any atom is -0.397 e. The molecule has 1 aliphatic carbocycles. The number of aromatic nitrogens is 1. The molecule has 1 aromatic rings. The first-order valence-electron chi connectivity index (χ1n) is 7.35. The van der Waals surface area contributed by atoms with Crippen molar-refractivity contribution in [1.29, 1.82) is 0 Å². The van der Waals surface area contributed by atoms with Crippen LogP contribution in [0.25, 0.3) is 0 Å². The van der Waals surface area contributed by atoms with Gasteiger partial charge in [0.1, 0.15) is 5.69 Å². The van der Waals surface area contributed by atoms with E-state index in [0.717, 1.165) is 32.1 Å². The lowest BCUT2D eigenvalue weighted by Crippen LogP contribution is -2.47. The molecule has 1 saturated carbocycles. The first kappa shape index (κ1) is 14.0. The van der Waals surface area contributed by atoms with E-state index in [2.05, 4.69) is 26.1 Å². The Morgan fingerprint density at radius 3 is 2.42 bits per heavy atom. The van der Waals surface area contributed by atoms with Gasteiger partial charge in [-0.15, -0.1) is 0 Å². The molecule has 4 nitrogen and oxygen atoms in total. The van der Waals surface area contributed by atoms with Crippen molar-refractivity contribution in [2.45, 2.75) is 64.5 Å². The van der Waals surface area contributed by atoms with Gasteiger partial charge in [-0.2, -0.15) is 0 Å². The molecule has 0 spiro atoms. The summed E-state index contributed by atoms with van der Waals surface area (Å²) in [5.74, 6) is 0.00847. The zero-order chi connectivity index (χ0) is 14.0. The minimum atomic E-state index is -0.0928. The Morgan fingerprint density at radius 1 is 1.37 bits per heavy atom. The van der Waals surface area contributed by atoms with Gasteiger partial charge in [-0.05, 0) is 38.2 Å². The molecule has 3 N–H and O–H groups in total. The smallest absolute Gasteiger partial charge is 0.268 e. The summed E-state index contributed by atoms with van der Waals surface area (Å²) in [6.45, 7) is 6.38.